The van der Waals surface area contributed by atoms with E-state index in [1.807, 2.05) is 41.5 Å². The van der Waals surface area contributed by atoms with Crippen molar-refractivity contribution in [3.05, 3.63) is 39.6 Å². The van der Waals surface area contributed by atoms with Crippen LogP contribution in [0.5, 0.6) is 5.75 Å². The number of rotatable bonds is 9. The first-order valence-corrected chi connectivity index (χ1v) is 18.2. The largest absolute Gasteiger partial charge is 0.491 e. The van der Waals surface area contributed by atoms with E-state index in [0.29, 0.717) is 33.9 Å². The molecule has 1 aliphatic heterocycles. The maximum Gasteiger partial charge on any atom is 0.410 e. The molecule has 3 rings (SSSR count). The summed E-state index contributed by atoms with van der Waals surface area (Å²) in [7, 11) is -0.500. The Balaban J connectivity index is 1.89. The van der Waals surface area contributed by atoms with E-state index in [1.54, 1.807) is 25.2 Å². The first kappa shape index (κ1) is 35.1. The monoisotopic (exact) mass is 652 g/mol. The summed E-state index contributed by atoms with van der Waals surface area (Å²) in [5.74, 6) is 0.791. The number of carbonyl (C=O) groups excluding carboxylic acids is 1. The lowest BCUT2D eigenvalue weighted by Gasteiger charge is -2.40. The standard InChI is InChI=1S/C31H46Cl2N4O5Si/c1-18-26(25-19(2)36-41-20(25)3)34-28(35-27(18)33)23-15-21(13-14-24(23)32)39-17-22(42-43(11,12)31(7,8)9)16-37(10)29(38)40-30(4,5)6/h13-15,20,22,25H,16-17H2,1-12H3. The molecular weight excluding hydrogens is 607 g/mol. The van der Waals surface area contributed by atoms with Crippen LogP contribution in [-0.2, 0) is 14.0 Å². The normalized spacial score (nSPS) is 18.1. The van der Waals surface area contributed by atoms with Crippen molar-refractivity contribution in [3.8, 4) is 17.1 Å². The lowest BCUT2D eigenvalue weighted by atomic mass is 9.92. The van der Waals surface area contributed by atoms with Gasteiger partial charge in [-0.25, -0.2) is 14.8 Å². The highest BCUT2D eigenvalue weighted by Crippen LogP contribution is 2.38. The van der Waals surface area contributed by atoms with Gasteiger partial charge in [-0.05, 0) is 77.9 Å². The molecule has 43 heavy (non-hydrogen) atoms. The number of carbonyl (C=O) groups is 1. The summed E-state index contributed by atoms with van der Waals surface area (Å²) in [4.78, 5) is 29.2. The van der Waals surface area contributed by atoms with E-state index < -0.39 is 26.1 Å². The van der Waals surface area contributed by atoms with Crippen LogP contribution in [0.2, 0.25) is 28.3 Å². The molecule has 0 saturated carbocycles. The molecule has 3 atom stereocenters. The van der Waals surface area contributed by atoms with Crippen LogP contribution in [-0.4, -0.2) is 73.0 Å². The second-order valence-corrected chi connectivity index (χ2v) is 19.2. The predicted octanol–water partition coefficient (Wildman–Crippen LogP) is 8.27. The van der Waals surface area contributed by atoms with Gasteiger partial charge in [0, 0.05) is 18.2 Å². The summed E-state index contributed by atoms with van der Waals surface area (Å²) < 4.78 is 18.5. The maximum absolute atomic E-state index is 12.7. The summed E-state index contributed by atoms with van der Waals surface area (Å²) >= 11 is 13.2. The van der Waals surface area contributed by atoms with Gasteiger partial charge in [0.1, 0.15) is 29.2 Å². The molecule has 12 heteroatoms. The van der Waals surface area contributed by atoms with Crippen LogP contribution in [0, 0.1) is 6.92 Å². The third kappa shape index (κ3) is 8.83. The zero-order valence-corrected chi connectivity index (χ0v) is 30.0. The molecule has 0 N–H and O–H groups in total. The summed E-state index contributed by atoms with van der Waals surface area (Å²) in [6.07, 6.45) is -1.00. The second kappa shape index (κ2) is 13.3. The molecule has 0 aliphatic carbocycles. The Kier molecular flexibility index (Phi) is 10.9. The molecule has 2 aromatic rings. The van der Waals surface area contributed by atoms with Gasteiger partial charge in [-0.1, -0.05) is 49.1 Å². The van der Waals surface area contributed by atoms with Crippen LogP contribution < -0.4 is 4.74 Å². The summed E-state index contributed by atoms with van der Waals surface area (Å²) in [5.41, 5.74) is 2.31. The minimum Gasteiger partial charge on any atom is -0.491 e. The van der Waals surface area contributed by atoms with Crippen LogP contribution in [0.15, 0.2) is 23.4 Å². The lowest BCUT2D eigenvalue weighted by molar-refractivity contribution is 0.0172. The van der Waals surface area contributed by atoms with Gasteiger partial charge in [0.15, 0.2) is 14.1 Å². The molecular formula is C31H46Cl2N4O5Si. The first-order valence-electron chi connectivity index (χ1n) is 14.5. The zero-order valence-electron chi connectivity index (χ0n) is 27.5. The van der Waals surface area contributed by atoms with E-state index in [1.165, 1.54) is 4.90 Å². The third-order valence-corrected chi connectivity index (χ3v) is 13.0. The van der Waals surface area contributed by atoms with E-state index in [9.17, 15) is 4.79 Å². The topological polar surface area (TPSA) is 95.4 Å². The number of amides is 1. The Morgan fingerprint density at radius 1 is 1.12 bits per heavy atom. The van der Waals surface area contributed by atoms with Gasteiger partial charge in [-0.3, -0.25) is 0 Å². The van der Waals surface area contributed by atoms with Crippen molar-refractivity contribution in [1.29, 1.82) is 0 Å². The quantitative estimate of drug-likeness (QED) is 0.199. The minimum absolute atomic E-state index is 0.0339. The van der Waals surface area contributed by atoms with Gasteiger partial charge in [-0.2, -0.15) is 0 Å². The molecule has 0 saturated heterocycles. The van der Waals surface area contributed by atoms with Crippen molar-refractivity contribution in [3.63, 3.8) is 0 Å². The molecule has 0 fully saturated rings. The molecule has 1 aromatic heterocycles. The number of hydrogen-bond donors (Lipinski definition) is 0. The van der Waals surface area contributed by atoms with Crippen molar-refractivity contribution in [2.24, 2.45) is 5.16 Å². The molecule has 1 aliphatic rings. The minimum atomic E-state index is -2.20. The van der Waals surface area contributed by atoms with Crippen LogP contribution in [0.3, 0.4) is 0 Å². The zero-order chi connectivity index (χ0) is 32.5. The van der Waals surface area contributed by atoms with E-state index in [-0.39, 0.29) is 23.7 Å². The number of hydrogen-bond acceptors (Lipinski definition) is 8. The van der Waals surface area contributed by atoms with Crippen molar-refractivity contribution < 1.29 is 23.5 Å². The fourth-order valence-electron chi connectivity index (χ4n) is 4.36. The number of aromatic nitrogens is 2. The molecule has 238 valence electrons. The van der Waals surface area contributed by atoms with Crippen LogP contribution in [0.1, 0.15) is 72.6 Å². The Morgan fingerprint density at radius 2 is 1.77 bits per heavy atom. The molecule has 2 heterocycles. The van der Waals surface area contributed by atoms with Crippen molar-refractivity contribution in [2.45, 2.75) is 104 Å². The Labute approximate surface area is 267 Å². The molecule has 9 nitrogen and oxygen atoms in total. The summed E-state index contributed by atoms with van der Waals surface area (Å²) in [6.45, 7) is 22.6. The number of ether oxygens (including phenoxy) is 2. The SMILES string of the molecule is CC1=NOC(C)C1c1nc(-c2cc(OCC(CN(C)C(=O)OC(C)(C)C)O[Si](C)(C)C(C)(C)C)ccc2Cl)nc(Cl)c1C. The molecule has 1 aromatic carbocycles. The molecule has 1 amide bonds. The van der Waals surface area contributed by atoms with Gasteiger partial charge < -0.3 is 23.6 Å². The lowest BCUT2D eigenvalue weighted by Crippen LogP contribution is -2.49. The average molecular weight is 654 g/mol. The fourth-order valence-corrected chi connectivity index (χ4v) is 6.07. The Hall–Kier alpha value is -2.40. The Bertz CT molecular complexity index is 1360. The first-order chi connectivity index (χ1) is 19.7. The Morgan fingerprint density at radius 3 is 2.33 bits per heavy atom. The van der Waals surface area contributed by atoms with E-state index in [0.717, 1.165) is 17.0 Å². The van der Waals surface area contributed by atoms with Gasteiger partial charge in [-0.15, -0.1) is 0 Å². The van der Waals surface area contributed by atoms with E-state index in [4.69, 9.17) is 46.9 Å². The van der Waals surface area contributed by atoms with E-state index >= 15 is 0 Å². The summed E-state index contributed by atoms with van der Waals surface area (Å²) in [6, 6.07) is 5.32. The molecule has 3 unspecified atom stereocenters. The second-order valence-electron chi connectivity index (χ2n) is 13.7. The maximum atomic E-state index is 12.7. The van der Waals surface area contributed by atoms with Crippen LogP contribution >= 0.6 is 23.2 Å². The van der Waals surface area contributed by atoms with Crippen LogP contribution in [0.25, 0.3) is 11.4 Å². The highest BCUT2D eigenvalue weighted by atomic mass is 35.5. The fraction of sp³-hybridized carbons (Fsp3) is 0.613. The smallest absolute Gasteiger partial charge is 0.410 e. The van der Waals surface area contributed by atoms with Gasteiger partial charge in [0.05, 0.1) is 35.0 Å². The van der Waals surface area contributed by atoms with Crippen molar-refractivity contribution in [2.75, 3.05) is 20.2 Å². The van der Waals surface area contributed by atoms with Crippen LogP contribution in [0.4, 0.5) is 4.79 Å². The van der Waals surface area contributed by atoms with Gasteiger partial charge in [0.2, 0.25) is 0 Å². The van der Waals surface area contributed by atoms with E-state index in [2.05, 4.69) is 44.0 Å². The number of likely N-dealkylation sites (N-methyl/N-ethyl adjacent to an activating group) is 1. The van der Waals surface area contributed by atoms with Crippen molar-refractivity contribution >= 4 is 43.3 Å². The average Bonchev–Trinajstić information content (AvgIpc) is 3.20. The predicted molar refractivity (Wildman–Crippen MR) is 175 cm³/mol. The number of oxime groups is 1. The number of nitrogens with zero attached hydrogens (tertiary/aromatic N) is 4. The van der Waals surface area contributed by atoms with Crippen molar-refractivity contribution in [1.82, 2.24) is 14.9 Å². The summed E-state index contributed by atoms with van der Waals surface area (Å²) in [5, 5.41) is 4.89. The third-order valence-electron chi connectivity index (χ3n) is 7.77. The number of benzene rings is 1. The molecule has 0 bridgehead atoms. The molecule has 0 spiro atoms. The highest BCUT2D eigenvalue weighted by molar-refractivity contribution is 6.74. The highest BCUT2D eigenvalue weighted by Gasteiger charge is 2.40. The van der Waals surface area contributed by atoms with Gasteiger partial charge >= 0.3 is 6.09 Å². The number of halogens is 2. The van der Waals surface area contributed by atoms with Gasteiger partial charge in [0.25, 0.3) is 0 Å². The molecule has 0 radical (unpaired) electrons.